The van der Waals surface area contributed by atoms with Crippen LogP contribution in [0.4, 0.5) is 23.2 Å². The van der Waals surface area contributed by atoms with E-state index in [1.807, 2.05) is 6.07 Å². The first-order valence-corrected chi connectivity index (χ1v) is 11.5. The molecule has 1 aromatic heterocycles. The number of carbonyl (C=O) groups is 1. The van der Waals surface area contributed by atoms with Crippen molar-refractivity contribution in [2.24, 2.45) is 0 Å². The van der Waals surface area contributed by atoms with Gasteiger partial charge in [-0.15, -0.1) is 0 Å². The number of halogens is 4. The van der Waals surface area contributed by atoms with E-state index < -0.39 is 29.2 Å². The van der Waals surface area contributed by atoms with Gasteiger partial charge in [-0.3, -0.25) is 9.69 Å². The van der Waals surface area contributed by atoms with Gasteiger partial charge in [-0.1, -0.05) is 24.3 Å². The van der Waals surface area contributed by atoms with Gasteiger partial charge in [0.25, 0.3) is 5.91 Å². The van der Waals surface area contributed by atoms with Crippen molar-refractivity contribution in [2.75, 3.05) is 44.2 Å². The van der Waals surface area contributed by atoms with Crippen LogP contribution in [0.15, 0.2) is 54.7 Å². The van der Waals surface area contributed by atoms with E-state index in [4.69, 9.17) is 0 Å². The summed E-state index contributed by atoms with van der Waals surface area (Å²) >= 11 is 0. The third kappa shape index (κ3) is 5.82. The lowest BCUT2D eigenvalue weighted by Gasteiger charge is -2.36. The van der Waals surface area contributed by atoms with Crippen molar-refractivity contribution >= 4 is 11.6 Å². The van der Waals surface area contributed by atoms with Gasteiger partial charge in [0.1, 0.15) is 11.5 Å². The molecule has 4 rings (SSSR count). The number of piperazine rings is 1. The lowest BCUT2D eigenvalue weighted by molar-refractivity contribution is -0.143. The lowest BCUT2D eigenvalue weighted by atomic mass is 10.2. The molecule has 0 saturated carbocycles. The van der Waals surface area contributed by atoms with Crippen molar-refractivity contribution in [3.05, 3.63) is 77.4 Å². The molecule has 0 spiro atoms. The minimum atomic E-state index is -4.89. The molecule has 3 aromatic rings. The highest BCUT2D eigenvalue weighted by Crippen LogP contribution is 2.34. The summed E-state index contributed by atoms with van der Waals surface area (Å²) in [7, 11) is 0. The van der Waals surface area contributed by atoms with Crippen LogP contribution in [0.5, 0.6) is 0 Å². The largest absolute Gasteiger partial charge is 0.434 e. The van der Waals surface area contributed by atoms with Crippen LogP contribution in [0, 0.1) is 12.7 Å². The summed E-state index contributed by atoms with van der Waals surface area (Å²) in [5.41, 5.74) is 0.116. The maximum absolute atomic E-state index is 14.1. The molecular weight excluding hydrogens is 462 g/mol. The van der Waals surface area contributed by atoms with E-state index in [0.29, 0.717) is 11.1 Å². The Morgan fingerprint density at radius 2 is 1.80 bits per heavy atom. The summed E-state index contributed by atoms with van der Waals surface area (Å²) in [5, 5.41) is 6.21. The number of amides is 1. The molecule has 10 heteroatoms. The van der Waals surface area contributed by atoms with Crippen molar-refractivity contribution < 1.29 is 22.4 Å². The molecule has 0 bridgehead atoms. The minimum absolute atomic E-state index is 0.221. The van der Waals surface area contributed by atoms with E-state index in [1.54, 1.807) is 0 Å². The average Bonchev–Trinajstić information content (AvgIpc) is 3.28. The Labute approximate surface area is 201 Å². The second-order valence-corrected chi connectivity index (χ2v) is 8.54. The van der Waals surface area contributed by atoms with Crippen molar-refractivity contribution in [3.8, 4) is 5.69 Å². The minimum Gasteiger partial charge on any atom is -0.369 e. The summed E-state index contributed by atoms with van der Waals surface area (Å²) in [6, 6.07) is 13.4. The van der Waals surface area contributed by atoms with Gasteiger partial charge in [0.15, 0.2) is 5.69 Å². The van der Waals surface area contributed by atoms with Gasteiger partial charge in [-0.25, -0.2) is 9.07 Å². The Morgan fingerprint density at radius 3 is 2.49 bits per heavy atom. The summed E-state index contributed by atoms with van der Waals surface area (Å²) < 4.78 is 55.8. The Balaban J connectivity index is 1.31. The fourth-order valence-corrected chi connectivity index (χ4v) is 4.25. The van der Waals surface area contributed by atoms with Gasteiger partial charge in [-0.05, 0) is 49.7 Å². The van der Waals surface area contributed by atoms with Crippen molar-refractivity contribution in [2.45, 2.75) is 19.5 Å². The van der Waals surface area contributed by atoms with Crippen LogP contribution in [0.2, 0.25) is 0 Å². The number of nitrogens with one attached hydrogen (secondary N) is 1. The molecule has 6 nitrogen and oxygen atoms in total. The molecule has 1 N–H and O–H groups in total. The fourth-order valence-electron chi connectivity index (χ4n) is 4.25. The number of benzene rings is 2. The summed E-state index contributed by atoms with van der Waals surface area (Å²) in [4.78, 5) is 17.1. The van der Waals surface area contributed by atoms with E-state index in [9.17, 15) is 22.4 Å². The maximum atomic E-state index is 14.1. The number of nitrogens with zero attached hydrogens (tertiary/aromatic N) is 4. The summed E-state index contributed by atoms with van der Waals surface area (Å²) in [5.74, 6) is -1.75. The average molecular weight is 490 g/mol. The maximum Gasteiger partial charge on any atom is 0.434 e. The molecule has 0 unspecified atom stereocenters. The van der Waals surface area contributed by atoms with Crippen LogP contribution in [0.3, 0.4) is 0 Å². The molecule has 0 aliphatic carbocycles. The zero-order chi connectivity index (χ0) is 25.0. The summed E-state index contributed by atoms with van der Waals surface area (Å²) in [6.45, 7) is 6.53. The standard InChI is InChI=1S/C25H27F4N5O/c1-18-6-4-7-19(16-18)33-14-12-32(13-15-33)11-5-10-30-24(35)20-17-31-34(23(20)25(27,28)29)22-9-3-2-8-21(22)26/h2-4,6-9,16-17H,5,10-15H2,1H3,(H,30,35). The van der Waals surface area contributed by atoms with Gasteiger partial charge >= 0.3 is 6.18 Å². The van der Waals surface area contributed by atoms with Crippen LogP contribution in [0.25, 0.3) is 5.69 Å². The molecule has 1 saturated heterocycles. The lowest BCUT2D eigenvalue weighted by Crippen LogP contribution is -2.47. The van der Waals surface area contributed by atoms with Crippen molar-refractivity contribution in [1.82, 2.24) is 20.0 Å². The summed E-state index contributed by atoms with van der Waals surface area (Å²) in [6.07, 6.45) is -3.46. The fraction of sp³-hybridized carbons (Fsp3) is 0.360. The van der Waals surface area contributed by atoms with E-state index in [1.165, 1.54) is 29.4 Å². The molecule has 0 radical (unpaired) electrons. The normalized spacial score (nSPS) is 14.8. The number of aromatic nitrogens is 2. The van der Waals surface area contributed by atoms with Crippen molar-refractivity contribution in [3.63, 3.8) is 0 Å². The van der Waals surface area contributed by atoms with Gasteiger partial charge in [0.2, 0.25) is 0 Å². The smallest absolute Gasteiger partial charge is 0.369 e. The van der Waals surface area contributed by atoms with E-state index in [0.717, 1.165) is 45.0 Å². The number of aryl methyl sites for hydroxylation is 1. The topological polar surface area (TPSA) is 53.4 Å². The number of hydrogen-bond acceptors (Lipinski definition) is 4. The number of rotatable bonds is 7. The first-order valence-electron chi connectivity index (χ1n) is 11.5. The first-order chi connectivity index (χ1) is 16.7. The van der Waals surface area contributed by atoms with Crippen LogP contribution >= 0.6 is 0 Å². The Hall–Kier alpha value is -3.40. The number of anilines is 1. The highest BCUT2D eigenvalue weighted by Gasteiger charge is 2.41. The molecule has 1 aliphatic heterocycles. The number of hydrogen-bond donors (Lipinski definition) is 1. The monoisotopic (exact) mass is 489 g/mol. The molecule has 35 heavy (non-hydrogen) atoms. The Kier molecular flexibility index (Phi) is 7.39. The van der Waals surface area contributed by atoms with Crippen LogP contribution in [-0.4, -0.2) is 59.9 Å². The van der Waals surface area contributed by atoms with Crippen LogP contribution in [0.1, 0.15) is 28.0 Å². The third-order valence-corrected chi connectivity index (χ3v) is 6.04. The second kappa shape index (κ2) is 10.5. The van der Waals surface area contributed by atoms with Gasteiger partial charge < -0.3 is 10.2 Å². The molecule has 1 aliphatic rings. The Bertz CT molecular complexity index is 1170. The molecule has 2 heterocycles. The van der Waals surface area contributed by atoms with Crippen LogP contribution < -0.4 is 10.2 Å². The van der Waals surface area contributed by atoms with Crippen LogP contribution in [-0.2, 0) is 6.18 Å². The van der Waals surface area contributed by atoms with E-state index >= 15 is 0 Å². The van der Waals surface area contributed by atoms with Gasteiger partial charge in [-0.2, -0.15) is 18.3 Å². The predicted molar refractivity (Wildman–Crippen MR) is 125 cm³/mol. The third-order valence-electron chi connectivity index (χ3n) is 6.04. The highest BCUT2D eigenvalue weighted by molar-refractivity contribution is 5.95. The zero-order valence-corrected chi connectivity index (χ0v) is 19.4. The van der Waals surface area contributed by atoms with Crippen molar-refractivity contribution in [1.29, 1.82) is 0 Å². The molecule has 186 valence electrons. The van der Waals surface area contributed by atoms with Gasteiger partial charge in [0.05, 0.1) is 11.8 Å². The molecule has 0 atom stereocenters. The van der Waals surface area contributed by atoms with E-state index in [-0.39, 0.29) is 12.2 Å². The SMILES string of the molecule is Cc1cccc(N2CCN(CCCNC(=O)c3cnn(-c4ccccc4F)c3C(F)(F)F)CC2)c1. The zero-order valence-electron chi connectivity index (χ0n) is 19.4. The number of alkyl halides is 3. The van der Waals surface area contributed by atoms with Gasteiger partial charge in [0, 0.05) is 38.4 Å². The van der Waals surface area contributed by atoms with E-state index in [2.05, 4.69) is 45.3 Å². The second-order valence-electron chi connectivity index (χ2n) is 8.54. The number of carbonyl (C=O) groups excluding carboxylic acids is 1. The predicted octanol–water partition coefficient (Wildman–Crippen LogP) is 4.28. The molecule has 2 aromatic carbocycles. The molecule has 1 fully saturated rings. The molecular formula is C25H27F4N5O. The highest BCUT2D eigenvalue weighted by atomic mass is 19.4. The molecule has 1 amide bonds. The number of para-hydroxylation sites is 1. The quantitative estimate of drug-likeness (QED) is 0.398. The Morgan fingerprint density at radius 1 is 1.06 bits per heavy atom. The first kappa shape index (κ1) is 24.7.